The van der Waals surface area contributed by atoms with Crippen LogP contribution in [0, 0.1) is 0 Å². The van der Waals surface area contributed by atoms with Crippen LogP contribution in [0.15, 0.2) is 60.5 Å². The van der Waals surface area contributed by atoms with Crippen molar-refractivity contribution < 1.29 is 17.9 Å². The normalized spacial score (nSPS) is 18.4. The summed E-state index contributed by atoms with van der Waals surface area (Å²) in [5.74, 6) is 0.660. The molecule has 2 aromatic rings. The van der Waals surface area contributed by atoms with Gasteiger partial charge >= 0.3 is 6.18 Å². The van der Waals surface area contributed by atoms with Crippen molar-refractivity contribution in [3.05, 3.63) is 71.9 Å². The van der Waals surface area contributed by atoms with Crippen LogP contribution in [0.4, 0.5) is 13.2 Å². The molecule has 30 heavy (non-hydrogen) atoms. The largest absolute Gasteiger partial charge is 0.483 e. The van der Waals surface area contributed by atoms with E-state index in [0.717, 1.165) is 25.0 Å². The van der Waals surface area contributed by atoms with E-state index in [4.69, 9.17) is 4.74 Å². The number of nitrogens with zero attached hydrogens (tertiary/aromatic N) is 3. The molecule has 0 aromatic carbocycles. The molecule has 3 rings (SSSR count). The Labute approximate surface area is 174 Å². The van der Waals surface area contributed by atoms with Crippen LogP contribution in [0.25, 0.3) is 5.57 Å². The quantitative estimate of drug-likeness (QED) is 0.508. The van der Waals surface area contributed by atoms with Crippen LogP contribution >= 0.6 is 0 Å². The lowest BCUT2D eigenvalue weighted by molar-refractivity contribution is -0.0883. The fourth-order valence-electron chi connectivity index (χ4n) is 3.48. The van der Waals surface area contributed by atoms with E-state index >= 15 is 0 Å². The topological polar surface area (TPSA) is 39.9 Å². The molecule has 0 saturated carbocycles. The summed E-state index contributed by atoms with van der Waals surface area (Å²) in [5.41, 5.74) is 1.14. The van der Waals surface area contributed by atoms with Gasteiger partial charge in [-0.1, -0.05) is 25.2 Å². The minimum absolute atomic E-state index is 0.224. The monoisotopic (exact) mass is 417 g/mol. The predicted molar refractivity (Wildman–Crippen MR) is 111 cm³/mol. The number of aromatic nitrogens is 3. The van der Waals surface area contributed by atoms with Gasteiger partial charge in [0.15, 0.2) is 0 Å². The molecule has 1 aliphatic heterocycles. The minimum atomic E-state index is -4.41. The lowest BCUT2D eigenvalue weighted by atomic mass is 10.0. The lowest BCUT2D eigenvalue weighted by Gasteiger charge is -2.17. The van der Waals surface area contributed by atoms with Gasteiger partial charge in [0, 0.05) is 18.3 Å². The number of fused-ring (bicyclic) bond motifs is 1. The highest BCUT2D eigenvalue weighted by Crippen LogP contribution is 2.33. The summed E-state index contributed by atoms with van der Waals surface area (Å²) in [6.45, 7) is 4.18. The molecule has 0 spiro atoms. The van der Waals surface area contributed by atoms with E-state index in [-0.39, 0.29) is 6.10 Å². The molecule has 0 radical (unpaired) electrons. The van der Waals surface area contributed by atoms with Gasteiger partial charge < -0.3 is 4.74 Å². The molecule has 7 heteroatoms. The van der Waals surface area contributed by atoms with Gasteiger partial charge in [-0.3, -0.25) is 9.67 Å². The Hall–Kier alpha value is -2.83. The third-order valence-electron chi connectivity index (χ3n) is 4.84. The molecule has 0 aliphatic carbocycles. The first-order chi connectivity index (χ1) is 14.4. The van der Waals surface area contributed by atoms with Gasteiger partial charge in [0.2, 0.25) is 0 Å². The standard InChI is InChI=1S/C23H26F3N3O/c1-3-8-17(14-18(9-4-2)23(24,25)26)20-15-21-22(11-5-6-13-29(21)28-20)30-19-10-7-12-27-16-19/h3,7-10,12,14-16,22H,4-6,11,13H2,1-2H3/b8-3-,17-14+,18-9-. The van der Waals surface area contributed by atoms with Crippen molar-refractivity contribution in [1.29, 1.82) is 0 Å². The maximum atomic E-state index is 13.4. The van der Waals surface area contributed by atoms with Crippen molar-refractivity contribution >= 4 is 5.57 Å². The fourth-order valence-corrected chi connectivity index (χ4v) is 3.48. The molecular weight excluding hydrogens is 391 g/mol. The van der Waals surface area contributed by atoms with Crippen LogP contribution in [-0.4, -0.2) is 20.9 Å². The number of hydrogen-bond donors (Lipinski definition) is 0. The molecule has 1 unspecified atom stereocenters. The lowest BCUT2D eigenvalue weighted by Crippen LogP contribution is -2.11. The highest BCUT2D eigenvalue weighted by Gasteiger charge is 2.32. The second-order valence-corrected chi connectivity index (χ2v) is 7.13. The molecule has 0 bridgehead atoms. The zero-order chi connectivity index (χ0) is 21.6. The molecule has 1 atom stereocenters. The third kappa shape index (κ3) is 5.40. The molecule has 2 aromatic heterocycles. The van der Waals surface area contributed by atoms with Crippen molar-refractivity contribution in [2.45, 2.75) is 58.4 Å². The molecule has 3 heterocycles. The van der Waals surface area contributed by atoms with E-state index in [9.17, 15) is 13.2 Å². The maximum Gasteiger partial charge on any atom is 0.416 e. The minimum Gasteiger partial charge on any atom is -0.483 e. The smallest absolute Gasteiger partial charge is 0.416 e. The Morgan fingerprint density at radius 3 is 2.83 bits per heavy atom. The van der Waals surface area contributed by atoms with Crippen LogP contribution in [-0.2, 0) is 6.54 Å². The molecule has 0 N–H and O–H groups in total. The molecule has 160 valence electrons. The summed E-state index contributed by atoms with van der Waals surface area (Å²) in [5, 5.41) is 4.62. The highest BCUT2D eigenvalue weighted by atomic mass is 19.4. The number of allylic oxidation sites excluding steroid dienone is 6. The van der Waals surface area contributed by atoms with Crippen molar-refractivity contribution in [2.75, 3.05) is 0 Å². The van der Waals surface area contributed by atoms with E-state index in [1.54, 1.807) is 44.5 Å². The van der Waals surface area contributed by atoms with Gasteiger partial charge in [-0.2, -0.15) is 18.3 Å². The predicted octanol–water partition coefficient (Wildman–Crippen LogP) is 6.44. The molecule has 4 nitrogen and oxygen atoms in total. The second-order valence-electron chi connectivity index (χ2n) is 7.13. The number of alkyl halides is 3. The molecule has 0 saturated heterocycles. The van der Waals surface area contributed by atoms with E-state index < -0.39 is 11.7 Å². The van der Waals surface area contributed by atoms with Gasteiger partial charge in [-0.25, -0.2) is 0 Å². The van der Waals surface area contributed by atoms with Crippen LogP contribution in [0.3, 0.4) is 0 Å². The van der Waals surface area contributed by atoms with Crippen molar-refractivity contribution in [3.8, 4) is 5.75 Å². The van der Waals surface area contributed by atoms with Crippen LogP contribution in [0.1, 0.15) is 57.0 Å². The van der Waals surface area contributed by atoms with Crippen LogP contribution in [0.5, 0.6) is 5.75 Å². The number of ether oxygens (including phenoxy) is 1. The number of pyridine rings is 1. The average molecular weight is 417 g/mol. The van der Waals surface area contributed by atoms with Crippen LogP contribution in [0.2, 0.25) is 0 Å². The second kappa shape index (κ2) is 9.78. The summed E-state index contributed by atoms with van der Waals surface area (Å²) in [6, 6.07) is 5.49. The zero-order valence-electron chi connectivity index (χ0n) is 17.2. The van der Waals surface area contributed by atoms with E-state index in [2.05, 4.69) is 10.1 Å². The fraction of sp³-hybridized carbons (Fsp3) is 0.391. The van der Waals surface area contributed by atoms with Gasteiger partial charge in [0.25, 0.3) is 0 Å². The summed E-state index contributed by atoms with van der Waals surface area (Å²) in [4.78, 5) is 4.08. The SMILES string of the molecule is C\C=C/C(=C\C(=C\CC)C(F)(F)F)c1cc2n(n1)CCCCC2Oc1cccnc1. The maximum absolute atomic E-state index is 13.4. The van der Waals surface area contributed by atoms with Crippen molar-refractivity contribution in [1.82, 2.24) is 14.8 Å². The Morgan fingerprint density at radius 2 is 2.17 bits per heavy atom. The number of hydrogen-bond acceptors (Lipinski definition) is 3. The summed E-state index contributed by atoms with van der Waals surface area (Å²) in [7, 11) is 0. The van der Waals surface area contributed by atoms with Crippen molar-refractivity contribution in [2.24, 2.45) is 0 Å². The van der Waals surface area contributed by atoms with Crippen molar-refractivity contribution in [3.63, 3.8) is 0 Å². The van der Waals surface area contributed by atoms with E-state index in [1.165, 1.54) is 12.2 Å². The number of aryl methyl sites for hydroxylation is 1. The summed E-state index contributed by atoms with van der Waals surface area (Å²) in [6.07, 6.45) is 7.48. The highest BCUT2D eigenvalue weighted by molar-refractivity contribution is 5.74. The van der Waals surface area contributed by atoms with Gasteiger partial charge in [-0.15, -0.1) is 0 Å². The van der Waals surface area contributed by atoms with Gasteiger partial charge in [0.05, 0.1) is 23.2 Å². The van der Waals surface area contributed by atoms with Gasteiger partial charge in [-0.05, 0) is 56.9 Å². The first kappa shape index (κ1) is 21.9. The average Bonchev–Trinajstić information content (AvgIpc) is 3.05. The Kier molecular flexibility index (Phi) is 7.13. The van der Waals surface area contributed by atoms with Gasteiger partial charge in [0.1, 0.15) is 11.9 Å². The Morgan fingerprint density at radius 1 is 1.33 bits per heavy atom. The molecule has 0 fully saturated rings. The Balaban J connectivity index is 1.99. The molecule has 1 aliphatic rings. The summed E-state index contributed by atoms with van der Waals surface area (Å²) < 4.78 is 48.3. The van der Waals surface area contributed by atoms with E-state index in [1.807, 2.05) is 16.8 Å². The summed E-state index contributed by atoms with van der Waals surface area (Å²) >= 11 is 0. The molecular formula is C23H26F3N3O. The zero-order valence-corrected chi connectivity index (χ0v) is 17.2. The van der Waals surface area contributed by atoms with Crippen LogP contribution < -0.4 is 4.74 Å². The first-order valence-electron chi connectivity index (χ1n) is 10.2. The molecule has 0 amide bonds. The number of halogens is 3. The third-order valence-corrected chi connectivity index (χ3v) is 4.84. The first-order valence-corrected chi connectivity index (χ1v) is 10.2. The van der Waals surface area contributed by atoms with E-state index in [0.29, 0.717) is 30.0 Å². The number of rotatable bonds is 6. The Bertz CT molecular complexity index is 927.